The van der Waals surface area contributed by atoms with Gasteiger partial charge >= 0.3 is 0 Å². The maximum atomic E-state index is 5.46. The predicted molar refractivity (Wildman–Crippen MR) is 67.6 cm³/mol. The number of rotatable bonds is 5. The smallest absolute Gasteiger partial charge is 0.0586 e. The zero-order valence-electron chi connectivity index (χ0n) is 10.7. The van der Waals surface area contributed by atoms with Crippen LogP contribution in [0, 0.1) is 5.92 Å². The SMILES string of the molecule is COC1CCCC(NCCC2CCCC2)C1. The van der Waals surface area contributed by atoms with Gasteiger partial charge in [0.1, 0.15) is 0 Å². The molecule has 0 aromatic rings. The van der Waals surface area contributed by atoms with E-state index in [9.17, 15) is 0 Å². The van der Waals surface area contributed by atoms with Crippen molar-refractivity contribution in [1.82, 2.24) is 5.32 Å². The highest BCUT2D eigenvalue weighted by Gasteiger charge is 2.21. The first kappa shape index (κ1) is 12.4. The minimum Gasteiger partial charge on any atom is -0.381 e. The Bertz CT molecular complexity index is 189. The quantitative estimate of drug-likeness (QED) is 0.776. The molecular weight excluding hydrogens is 198 g/mol. The molecule has 2 nitrogen and oxygen atoms in total. The van der Waals surface area contributed by atoms with Crippen LogP contribution in [0.3, 0.4) is 0 Å². The Labute approximate surface area is 100 Å². The van der Waals surface area contributed by atoms with E-state index in [2.05, 4.69) is 5.32 Å². The fraction of sp³-hybridized carbons (Fsp3) is 1.00. The second kappa shape index (κ2) is 6.61. The molecule has 1 N–H and O–H groups in total. The lowest BCUT2D eigenvalue weighted by molar-refractivity contribution is 0.0587. The molecule has 0 aromatic carbocycles. The van der Waals surface area contributed by atoms with Crippen molar-refractivity contribution in [2.24, 2.45) is 5.92 Å². The zero-order valence-corrected chi connectivity index (χ0v) is 10.7. The lowest BCUT2D eigenvalue weighted by Gasteiger charge is -2.29. The number of hydrogen-bond acceptors (Lipinski definition) is 2. The Hall–Kier alpha value is -0.0800. The molecule has 2 atom stereocenters. The average Bonchev–Trinajstić information content (AvgIpc) is 2.82. The second-order valence-electron chi connectivity index (χ2n) is 5.61. The van der Waals surface area contributed by atoms with Gasteiger partial charge in [0.15, 0.2) is 0 Å². The van der Waals surface area contributed by atoms with Gasteiger partial charge in [0.25, 0.3) is 0 Å². The Morgan fingerprint density at radius 3 is 2.62 bits per heavy atom. The number of ether oxygens (including phenoxy) is 1. The molecule has 94 valence electrons. The highest BCUT2D eigenvalue weighted by molar-refractivity contribution is 4.79. The molecule has 0 amide bonds. The second-order valence-corrected chi connectivity index (χ2v) is 5.61. The first-order chi connectivity index (χ1) is 7.88. The van der Waals surface area contributed by atoms with E-state index in [-0.39, 0.29) is 0 Å². The van der Waals surface area contributed by atoms with Crippen molar-refractivity contribution < 1.29 is 4.74 Å². The summed E-state index contributed by atoms with van der Waals surface area (Å²) < 4.78 is 5.46. The molecule has 2 aliphatic rings. The topological polar surface area (TPSA) is 21.3 Å². The van der Waals surface area contributed by atoms with Crippen molar-refractivity contribution in [3.8, 4) is 0 Å². The number of nitrogens with one attached hydrogen (secondary N) is 1. The fourth-order valence-electron chi connectivity index (χ4n) is 3.34. The molecule has 0 heterocycles. The van der Waals surface area contributed by atoms with E-state index in [0.29, 0.717) is 6.10 Å². The molecule has 16 heavy (non-hydrogen) atoms. The standard InChI is InChI=1S/C14H27NO/c1-16-14-8-4-7-13(11-14)15-10-9-12-5-2-3-6-12/h12-15H,2-11H2,1H3. The van der Waals surface area contributed by atoms with Gasteiger partial charge in [0.2, 0.25) is 0 Å². The van der Waals surface area contributed by atoms with Crippen LogP contribution in [0.25, 0.3) is 0 Å². The van der Waals surface area contributed by atoms with Gasteiger partial charge in [0.05, 0.1) is 6.10 Å². The summed E-state index contributed by atoms with van der Waals surface area (Å²) in [7, 11) is 1.85. The first-order valence-electron chi connectivity index (χ1n) is 7.14. The number of hydrogen-bond donors (Lipinski definition) is 1. The van der Waals surface area contributed by atoms with E-state index >= 15 is 0 Å². The third kappa shape index (κ3) is 3.74. The molecule has 2 heteroatoms. The van der Waals surface area contributed by atoms with Crippen molar-refractivity contribution in [1.29, 1.82) is 0 Å². The molecule has 2 unspecified atom stereocenters. The van der Waals surface area contributed by atoms with Crippen LogP contribution in [0.5, 0.6) is 0 Å². The summed E-state index contributed by atoms with van der Waals surface area (Å²) in [6.07, 6.45) is 13.0. The van der Waals surface area contributed by atoms with Crippen LogP contribution in [-0.2, 0) is 4.74 Å². The van der Waals surface area contributed by atoms with E-state index < -0.39 is 0 Å². The average molecular weight is 225 g/mol. The summed E-state index contributed by atoms with van der Waals surface area (Å²) in [6.45, 7) is 1.23. The van der Waals surface area contributed by atoms with Crippen molar-refractivity contribution in [3.63, 3.8) is 0 Å². The van der Waals surface area contributed by atoms with Crippen LogP contribution in [0.1, 0.15) is 57.8 Å². The van der Waals surface area contributed by atoms with Gasteiger partial charge in [-0.05, 0) is 44.6 Å². The summed E-state index contributed by atoms with van der Waals surface area (Å²) in [5, 5.41) is 3.73. The molecule has 0 spiro atoms. The minimum absolute atomic E-state index is 0.512. The van der Waals surface area contributed by atoms with Gasteiger partial charge in [-0.15, -0.1) is 0 Å². The number of methoxy groups -OCH3 is 1. The Morgan fingerprint density at radius 2 is 1.88 bits per heavy atom. The molecule has 0 bridgehead atoms. The van der Waals surface area contributed by atoms with Crippen molar-refractivity contribution in [3.05, 3.63) is 0 Å². The normalized spacial score (nSPS) is 32.1. The van der Waals surface area contributed by atoms with E-state index in [4.69, 9.17) is 4.74 Å². The zero-order chi connectivity index (χ0) is 11.2. The summed E-state index contributed by atoms with van der Waals surface area (Å²) in [5.74, 6) is 1.02. The van der Waals surface area contributed by atoms with E-state index in [1.807, 2.05) is 7.11 Å². The van der Waals surface area contributed by atoms with Crippen LogP contribution < -0.4 is 5.32 Å². The molecule has 2 rings (SSSR count). The lowest BCUT2D eigenvalue weighted by atomic mass is 9.92. The molecular formula is C14H27NO. The Kier molecular flexibility index (Phi) is 5.11. The Balaban J connectivity index is 1.58. The van der Waals surface area contributed by atoms with E-state index in [1.54, 1.807) is 0 Å². The molecule has 2 aliphatic carbocycles. The predicted octanol–water partition coefficient (Wildman–Crippen LogP) is 3.11. The highest BCUT2D eigenvalue weighted by Crippen LogP contribution is 2.27. The Morgan fingerprint density at radius 1 is 1.06 bits per heavy atom. The third-order valence-corrected chi connectivity index (χ3v) is 4.42. The molecule has 0 aromatic heterocycles. The summed E-state index contributed by atoms with van der Waals surface area (Å²) in [4.78, 5) is 0. The van der Waals surface area contributed by atoms with Crippen molar-refractivity contribution >= 4 is 0 Å². The van der Waals surface area contributed by atoms with Gasteiger partial charge in [0, 0.05) is 13.2 Å². The van der Waals surface area contributed by atoms with Crippen molar-refractivity contribution in [2.45, 2.75) is 69.9 Å². The molecule has 0 saturated heterocycles. The fourth-order valence-corrected chi connectivity index (χ4v) is 3.34. The maximum absolute atomic E-state index is 5.46. The minimum atomic E-state index is 0.512. The van der Waals surface area contributed by atoms with Gasteiger partial charge in [-0.25, -0.2) is 0 Å². The van der Waals surface area contributed by atoms with E-state index in [1.165, 1.54) is 64.3 Å². The van der Waals surface area contributed by atoms with E-state index in [0.717, 1.165) is 12.0 Å². The molecule has 2 fully saturated rings. The van der Waals surface area contributed by atoms with Gasteiger partial charge in [-0.2, -0.15) is 0 Å². The van der Waals surface area contributed by atoms with Crippen molar-refractivity contribution in [2.75, 3.05) is 13.7 Å². The third-order valence-electron chi connectivity index (χ3n) is 4.42. The van der Waals surface area contributed by atoms with Gasteiger partial charge in [-0.3, -0.25) is 0 Å². The van der Waals surface area contributed by atoms with Gasteiger partial charge < -0.3 is 10.1 Å². The molecule has 0 radical (unpaired) electrons. The molecule has 2 saturated carbocycles. The summed E-state index contributed by atoms with van der Waals surface area (Å²) >= 11 is 0. The highest BCUT2D eigenvalue weighted by atomic mass is 16.5. The lowest BCUT2D eigenvalue weighted by Crippen LogP contribution is -2.37. The maximum Gasteiger partial charge on any atom is 0.0586 e. The van der Waals surface area contributed by atoms with Crippen LogP contribution in [0.4, 0.5) is 0 Å². The van der Waals surface area contributed by atoms with Crippen LogP contribution >= 0.6 is 0 Å². The van der Waals surface area contributed by atoms with Crippen LogP contribution in [-0.4, -0.2) is 25.8 Å². The molecule has 0 aliphatic heterocycles. The first-order valence-corrected chi connectivity index (χ1v) is 7.14. The van der Waals surface area contributed by atoms with Crippen LogP contribution in [0.2, 0.25) is 0 Å². The summed E-state index contributed by atoms with van der Waals surface area (Å²) in [6, 6.07) is 0.722. The van der Waals surface area contributed by atoms with Gasteiger partial charge in [-0.1, -0.05) is 25.7 Å². The largest absolute Gasteiger partial charge is 0.381 e. The monoisotopic (exact) mass is 225 g/mol. The van der Waals surface area contributed by atoms with Crippen LogP contribution in [0.15, 0.2) is 0 Å². The summed E-state index contributed by atoms with van der Waals surface area (Å²) in [5.41, 5.74) is 0.